The molecular weight excluding hydrogens is 354 g/mol. The Kier molecular flexibility index (Phi) is 5.07. The number of hydrogen-bond acceptors (Lipinski definition) is 3. The largest absolute Gasteiger partial charge is 0.487 e. The highest BCUT2D eigenvalue weighted by Crippen LogP contribution is 2.39. The van der Waals surface area contributed by atoms with Crippen molar-refractivity contribution in [1.82, 2.24) is 0 Å². The summed E-state index contributed by atoms with van der Waals surface area (Å²) in [6.45, 7) is 2.10. The van der Waals surface area contributed by atoms with Gasteiger partial charge in [-0.3, -0.25) is 0 Å². The lowest BCUT2D eigenvalue weighted by atomic mass is 10.1. The molecule has 1 aromatic heterocycles. The predicted octanol–water partition coefficient (Wildman–Crippen LogP) is 7.08. The Labute approximate surface area is 155 Å². The third kappa shape index (κ3) is 3.18. The number of rotatable bonds is 6. The van der Waals surface area contributed by atoms with Crippen LogP contribution < -0.4 is 4.74 Å². The lowest BCUT2D eigenvalue weighted by molar-refractivity contribution is 0.201. The van der Waals surface area contributed by atoms with Gasteiger partial charge in [0.15, 0.2) is 22.7 Å². The summed E-state index contributed by atoms with van der Waals surface area (Å²) in [5, 5.41) is 1.18. The van der Waals surface area contributed by atoms with Gasteiger partial charge in [0, 0.05) is 15.7 Å². The van der Waals surface area contributed by atoms with Crippen molar-refractivity contribution >= 4 is 33.7 Å². The molecular formula is C21H22F2O2S. The molecule has 4 rings (SSSR count). The lowest BCUT2D eigenvalue weighted by Gasteiger charge is -2.13. The second-order valence-corrected chi connectivity index (χ2v) is 7.97. The summed E-state index contributed by atoms with van der Waals surface area (Å²) in [5.41, 5.74) is 0.198. The quantitative estimate of drug-likeness (QED) is 0.339. The molecule has 138 valence electrons. The van der Waals surface area contributed by atoms with E-state index in [-0.39, 0.29) is 23.0 Å². The molecule has 0 N–H and O–H groups in total. The van der Waals surface area contributed by atoms with Crippen LogP contribution in [0.1, 0.15) is 45.4 Å². The normalized spacial score (nSPS) is 15.3. The summed E-state index contributed by atoms with van der Waals surface area (Å²) >= 11 is 1.47. The van der Waals surface area contributed by atoms with Gasteiger partial charge in [-0.05, 0) is 62.1 Å². The SMILES string of the molecule is CCCCSc1ccc2c(oc3c(F)c(OC4CCCC4)ccc32)c1F. The molecule has 5 heteroatoms. The van der Waals surface area contributed by atoms with Crippen LogP contribution in [0.2, 0.25) is 0 Å². The summed E-state index contributed by atoms with van der Waals surface area (Å²) in [4.78, 5) is 0.549. The molecule has 0 unspecified atom stereocenters. The number of ether oxygens (including phenoxy) is 1. The van der Waals surface area contributed by atoms with Crippen LogP contribution in [0.25, 0.3) is 21.9 Å². The van der Waals surface area contributed by atoms with Crippen molar-refractivity contribution in [3.63, 3.8) is 0 Å². The van der Waals surface area contributed by atoms with E-state index in [0.717, 1.165) is 44.3 Å². The summed E-state index contributed by atoms with van der Waals surface area (Å²) in [7, 11) is 0. The van der Waals surface area contributed by atoms with Crippen LogP contribution in [0.4, 0.5) is 8.78 Å². The van der Waals surface area contributed by atoms with Crippen molar-refractivity contribution in [3.8, 4) is 5.75 Å². The van der Waals surface area contributed by atoms with E-state index in [1.54, 1.807) is 18.2 Å². The first-order valence-corrected chi connectivity index (χ1v) is 10.3. The average Bonchev–Trinajstić information content (AvgIpc) is 3.28. The average molecular weight is 376 g/mol. The molecule has 0 radical (unpaired) electrons. The minimum absolute atomic E-state index is 0.0598. The molecule has 1 aliphatic carbocycles. The maximum Gasteiger partial charge on any atom is 0.208 e. The molecule has 26 heavy (non-hydrogen) atoms. The highest BCUT2D eigenvalue weighted by molar-refractivity contribution is 7.99. The summed E-state index contributed by atoms with van der Waals surface area (Å²) < 4.78 is 41.1. The summed E-state index contributed by atoms with van der Waals surface area (Å²) in [6.07, 6.45) is 6.28. The zero-order chi connectivity index (χ0) is 18.1. The van der Waals surface area contributed by atoms with E-state index in [1.807, 2.05) is 6.07 Å². The fraction of sp³-hybridized carbons (Fsp3) is 0.429. The van der Waals surface area contributed by atoms with E-state index >= 15 is 0 Å². The minimum atomic E-state index is -0.537. The van der Waals surface area contributed by atoms with Gasteiger partial charge in [0.05, 0.1) is 6.10 Å². The predicted molar refractivity (Wildman–Crippen MR) is 102 cm³/mol. The minimum Gasteiger partial charge on any atom is -0.487 e. The Morgan fingerprint density at radius 3 is 2.46 bits per heavy atom. The van der Waals surface area contributed by atoms with Gasteiger partial charge >= 0.3 is 0 Å². The molecule has 0 bridgehead atoms. The van der Waals surface area contributed by atoms with Crippen LogP contribution in [-0.2, 0) is 0 Å². The highest BCUT2D eigenvalue weighted by Gasteiger charge is 2.22. The fourth-order valence-corrected chi connectivity index (χ4v) is 4.55. The Bertz CT molecular complexity index is 929. The maximum atomic E-state index is 14.9. The number of fused-ring (bicyclic) bond motifs is 3. The Hall–Kier alpha value is -1.75. The van der Waals surface area contributed by atoms with Gasteiger partial charge in [0.25, 0.3) is 0 Å². The van der Waals surface area contributed by atoms with Gasteiger partial charge in [0.1, 0.15) is 0 Å². The molecule has 1 heterocycles. The first kappa shape index (κ1) is 17.7. The molecule has 0 amide bonds. The number of benzene rings is 2. The molecule has 0 aliphatic heterocycles. The Balaban J connectivity index is 1.72. The first-order chi connectivity index (χ1) is 12.7. The third-order valence-electron chi connectivity index (χ3n) is 4.97. The van der Waals surface area contributed by atoms with E-state index in [4.69, 9.17) is 9.15 Å². The van der Waals surface area contributed by atoms with Gasteiger partial charge in [-0.25, -0.2) is 4.39 Å². The third-order valence-corrected chi connectivity index (χ3v) is 6.09. The van der Waals surface area contributed by atoms with E-state index in [2.05, 4.69) is 6.92 Å². The van der Waals surface area contributed by atoms with Crippen LogP contribution in [0.5, 0.6) is 5.75 Å². The monoisotopic (exact) mass is 376 g/mol. The smallest absolute Gasteiger partial charge is 0.208 e. The summed E-state index contributed by atoms with van der Waals surface area (Å²) in [6, 6.07) is 6.97. The number of unbranched alkanes of at least 4 members (excludes halogenated alkanes) is 1. The molecule has 2 aromatic carbocycles. The van der Waals surface area contributed by atoms with Gasteiger partial charge in [-0.1, -0.05) is 13.3 Å². The molecule has 2 nitrogen and oxygen atoms in total. The maximum absolute atomic E-state index is 14.9. The summed E-state index contributed by atoms with van der Waals surface area (Å²) in [5.74, 6) is 0.108. The molecule has 1 aliphatic rings. The van der Waals surface area contributed by atoms with E-state index in [0.29, 0.717) is 15.7 Å². The number of hydrogen-bond donors (Lipinski definition) is 0. The Morgan fingerprint density at radius 1 is 1.04 bits per heavy atom. The van der Waals surface area contributed by atoms with Gasteiger partial charge < -0.3 is 9.15 Å². The van der Waals surface area contributed by atoms with E-state index in [9.17, 15) is 8.78 Å². The van der Waals surface area contributed by atoms with Crippen molar-refractivity contribution in [2.24, 2.45) is 0 Å². The second kappa shape index (κ2) is 7.47. The van der Waals surface area contributed by atoms with Crippen LogP contribution >= 0.6 is 11.8 Å². The molecule has 3 aromatic rings. The van der Waals surface area contributed by atoms with Crippen LogP contribution in [0.15, 0.2) is 33.6 Å². The molecule has 0 spiro atoms. The molecule has 0 saturated heterocycles. The zero-order valence-electron chi connectivity index (χ0n) is 14.8. The highest BCUT2D eigenvalue weighted by atomic mass is 32.2. The van der Waals surface area contributed by atoms with Crippen LogP contribution in [0, 0.1) is 11.6 Å². The number of furan rings is 1. The molecule has 1 saturated carbocycles. The number of halogens is 2. The standard InChI is InChI=1S/C21H22F2O2S/c1-2-3-12-26-17-11-9-15-14-8-10-16(24-13-6-4-5-7-13)18(22)20(14)25-21(15)19(17)23/h8-11,13H,2-7,12H2,1H3. The topological polar surface area (TPSA) is 22.4 Å². The van der Waals surface area contributed by atoms with Crippen LogP contribution in [0.3, 0.4) is 0 Å². The molecule has 1 fully saturated rings. The van der Waals surface area contributed by atoms with Crippen LogP contribution in [-0.4, -0.2) is 11.9 Å². The molecule has 0 atom stereocenters. The van der Waals surface area contributed by atoms with Crippen molar-refractivity contribution in [1.29, 1.82) is 0 Å². The Morgan fingerprint density at radius 2 is 1.73 bits per heavy atom. The van der Waals surface area contributed by atoms with Crippen molar-refractivity contribution < 1.29 is 17.9 Å². The lowest BCUT2D eigenvalue weighted by Crippen LogP contribution is -2.11. The van der Waals surface area contributed by atoms with Gasteiger partial charge in [-0.2, -0.15) is 4.39 Å². The fourth-order valence-electron chi connectivity index (χ4n) is 3.52. The van der Waals surface area contributed by atoms with E-state index in [1.165, 1.54) is 11.8 Å². The van der Waals surface area contributed by atoms with Gasteiger partial charge in [0.2, 0.25) is 5.82 Å². The van der Waals surface area contributed by atoms with Crippen molar-refractivity contribution in [2.75, 3.05) is 5.75 Å². The number of thioether (sulfide) groups is 1. The zero-order valence-corrected chi connectivity index (χ0v) is 15.6. The second-order valence-electron chi connectivity index (χ2n) is 6.84. The van der Waals surface area contributed by atoms with E-state index < -0.39 is 11.6 Å². The first-order valence-electron chi connectivity index (χ1n) is 9.31. The van der Waals surface area contributed by atoms with Crippen molar-refractivity contribution in [3.05, 3.63) is 35.9 Å². The van der Waals surface area contributed by atoms with Gasteiger partial charge in [-0.15, -0.1) is 11.8 Å². The van der Waals surface area contributed by atoms with Crippen molar-refractivity contribution in [2.45, 2.75) is 56.4 Å².